The number of rotatable bonds is 4. The molecule has 0 spiro atoms. The maximum Gasteiger partial charge on any atom is 0.239 e. The minimum absolute atomic E-state index is 0.000637. The average Bonchev–Trinajstić information content (AvgIpc) is 2.17. The molecule has 1 rings (SSSR count). The van der Waals surface area contributed by atoms with Crippen molar-refractivity contribution in [2.24, 2.45) is 0 Å². The van der Waals surface area contributed by atoms with Crippen LogP contribution in [0.4, 0.5) is 5.69 Å². The van der Waals surface area contributed by atoms with E-state index in [1.165, 1.54) is 0 Å². The van der Waals surface area contributed by atoms with Crippen LogP contribution >= 0.6 is 0 Å². The number of aromatic nitrogens is 1. The van der Waals surface area contributed by atoms with Crippen LogP contribution in [0.1, 0.15) is 6.92 Å². The van der Waals surface area contributed by atoms with Crippen LogP contribution < -0.4 is 10.6 Å². The molecule has 0 saturated heterocycles. The lowest BCUT2D eigenvalue weighted by atomic mass is 10.4. The van der Waals surface area contributed by atoms with Crippen LogP contribution in [0.25, 0.3) is 0 Å². The van der Waals surface area contributed by atoms with Crippen LogP contribution in [0.3, 0.4) is 0 Å². The standard InChI is InChI=1S/C9H13N3O/c1-2-11-9(13)7-12-8-3-5-10-6-4-8/h3-6H,2,7H2,1H3,(H,10,12)(H,11,13). The first-order chi connectivity index (χ1) is 6.33. The van der Waals surface area contributed by atoms with Crippen molar-refractivity contribution in [1.29, 1.82) is 0 Å². The van der Waals surface area contributed by atoms with Gasteiger partial charge in [-0.2, -0.15) is 0 Å². The highest BCUT2D eigenvalue weighted by Crippen LogP contribution is 2.01. The van der Waals surface area contributed by atoms with E-state index in [0.29, 0.717) is 13.1 Å². The fraction of sp³-hybridized carbons (Fsp3) is 0.333. The molecule has 0 saturated carbocycles. The summed E-state index contributed by atoms with van der Waals surface area (Å²) in [6.45, 7) is 2.86. The van der Waals surface area contributed by atoms with Crippen molar-refractivity contribution in [2.45, 2.75) is 6.92 Å². The van der Waals surface area contributed by atoms with E-state index in [4.69, 9.17) is 0 Å². The Bertz CT molecular complexity index is 261. The zero-order valence-electron chi connectivity index (χ0n) is 7.58. The van der Waals surface area contributed by atoms with Gasteiger partial charge >= 0.3 is 0 Å². The number of carbonyl (C=O) groups excluding carboxylic acids is 1. The fourth-order valence-electron chi connectivity index (χ4n) is 0.912. The molecule has 13 heavy (non-hydrogen) atoms. The van der Waals surface area contributed by atoms with E-state index in [0.717, 1.165) is 5.69 Å². The minimum atomic E-state index is -0.000637. The number of hydrogen-bond donors (Lipinski definition) is 2. The smallest absolute Gasteiger partial charge is 0.239 e. The Kier molecular flexibility index (Phi) is 3.75. The van der Waals surface area contributed by atoms with Crippen LogP contribution in [0.15, 0.2) is 24.5 Å². The van der Waals surface area contributed by atoms with Gasteiger partial charge in [-0.25, -0.2) is 0 Å². The van der Waals surface area contributed by atoms with Gasteiger partial charge in [-0.3, -0.25) is 9.78 Å². The maximum absolute atomic E-state index is 11.0. The third-order valence-corrected chi connectivity index (χ3v) is 1.51. The zero-order chi connectivity index (χ0) is 9.52. The summed E-state index contributed by atoms with van der Waals surface area (Å²) in [5.74, 6) is -0.000637. The summed E-state index contributed by atoms with van der Waals surface area (Å²) in [6.07, 6.45) is 3.36. The van der Waals surface area contributed by atoms with Crippen LogP contribution in [0.2, 0.25) is 0 Å². The van der Waals surface area contributed by atoms with E-state index in [1.54, 1.807) is 12.4 Å². The summed E-state index contributed by atoms with van der Waals surface area (Å²) >= 11 is 0. The van der Waals surface area contributed by atoms with Gasteiger partial charge in [-0.15, -0.1) is 0 Å². The van der Waals surface area contributed by atoms with Crippen molar-refractivity contribution in [3.8, 4) is 0 Å². The summed E-state index contributed by atoms with van der Waals surface area (Å²) in [5, 5.41) is 5.68. The molecule has 1 amide bonds. The van der Waals surface area contributed by atoms with Crippen LogP contribution in [-0.4, -0.2) is 24.0 Å². The molecule has 0 fully saturated rings. The van der Waals surface area contributed by atoms with E-state index in [9.17, 15) is 4.79 Å². The predicted molar refractivity (Wildman–Crippen MR) is 51.4 cm³/mol. The summed E-state index contributed by atoms with van der Waals surface area (Å²) in [5.41, 5.74) is 0.904. The first kappa shape index (κ1) is 9.51. The van der Waals surface area contributed by atoms with Crippen molar-refractivity contribution >= 4 is 11.6 Å². The lowest BCUT2D eigenvalue weighted by Gasteiger charge is -2.04. The molecule has 1 heterocycles. The summed E-state index contributed by atoms with van der Waals surface area (Å²) in [7, 11) is 0. The molecule has 0 bridgehead atoms. The predicted octanol–water partition coefficient (Wildman–Crippen LogP) is 0.630. The Labute approximate surface area is 77.4 Å². The number of nitrogens with one attached hydrogen (secondary N) is 2. The van der Waals surface area contributed by atoms with Gasteiger partial charge in [0, 0.05) is 24.6 Å². The van der Waals surface area contributed by atoms with Gasteiger partial charge in [0.2, 0.25) is 5.91 Å². The SMILES string of the molecule is CCNC(=O)CNc1ccncc1. The van der Waals surface area contributed by atoms with Crippen molar-refractivity contribution in [1.82, 2.24) is 10.3 Å². The number of carbonyl (C=O) groups is 1. The average molecular weight is 179 g/mol. The molecule has 4 nitrogen and oxygen atoms in total. The van der Waals surface area contributed by atoms with E-state index >= 15 is 0 Å². The second kappa shape index (κ2) is 5.13. The largest absolute Gasteiger partial charge is 0.376 e. The quantitative estimate of drug-likeness (QED) is 0.712. The minimum Gasteiger partial charge on any atom is -0.376 e. The maximum atomic E-state index is 11.0. The molecule has 0 aliphatic heterocycles. The summed E-state index contributed by atoms with van der Waals surface area (Å²) in [4.78, 5) is 14.9. The first-order valence-electron chi connectivity index (χ1n) is 4.23. The molecule has 0 atom stereocenters. The molecule has 0 unspecified atom stereocenters. The van der Waals surface area contributed by atoms with Gasteiger partial charge < -0.3 is 10.6 Å². The Morgan fingerprint density at radius 2 is 2.15 bits per heavy atom. The van der Waals surface area contributed by atoms with Crippen LogP contribution in [0.5, 0.6) is 0 Å². The second-order valence-corrected chi connectivity index (χ2v) is 2.54. The Balaban J connectivity index is 2.31. The number of pyridine rings is 1. The molecule has 70 valence electrons. The number of nitrogens with zero attached hydrogens (tertiary/aromatic N) is 1. The highest BCUT2D eigenvalue weighted by atomic mass is 16.1. The number of likely N-dealkylation sites (N-methyl/N-ethyl adjacent to an activating group) is 1. The number of anilines is 1. The first-order valence-corrected chi connectivity index (χ1v) is 4.23. The Hall–Kier alpha value is -1.58. The monoisotopic (exact) mass is 179 g/mol. The topological polar surface area (TPSA) is 54.0 Å². The lowest BCUT2D eigenvalue weighted by molar-refractivity contribution is -0.119. The molecular weight excluding hydrogens is 166 g/mol. The number of hydrogen-bond acceptors (Lipinski definition) is 3. The third-order valence-electron chi connectivity index (χ3n) is 1.51. The van der Waals surface area contributed by atoms with Gasteiger partial charge in [0.1, 0.15) is 0 Å². The fourth-order valence-corrected chi connectivity index (χ4v) is 0.912. The van der Waals surface area contributed by atoms with Crippen molar-refractivity contribution in [2.75, 3.05) is 18.4 Å². The zero-order valence-corrected chi connectivity index (χ0v) is 7.58. The lowest BCUT2D eigenvalue weighted by Crippen LogP contribution is -2.29. The van der Waals surface area contributed by atoms with Gasteiger partial charge in [0.05, 0.1) is 6.54 Å². The van der Waals surface area contributed by atoms with Crippen molar-refractivity contribution in [3.05, 3.63) is 24.5 Å². The van der Waals surface area contributed by atoms with Crippen LogP contribution in [-0.2, 0) is 4.79 Å². The van der Waals surface area contributed by atoms with E-state index in [2.05, 4.69) is 15.6 Å². The summed E-state index contributed by atoms with van der Waals surface area (Å²) < 4.78 is 0. The molecule has 4 heteroatoms. The Morgan fingerprint density at radius 1 is 1.46 bits per heavy atom. The highest BCUT2D eigenvalue weighted by Gasteiger charge is 1.97. The molecular formula is C9H13N3O. The normalized spacial score (nSPS) is 9.31. The van der Waals surface area contributed by atoms with Gasteiger partial charge in [-0.1, -0.05) is 0 Å². The number of amides is 1. The molecule has 0 aliphatic rings. The molecule has 1 aromatic rings. The summed E-state index contributed by atoms with van der Waals surface area (Å²) in [6, 6.07) is 3.64. The van der Waals surface area contributed by atoms with E-state index < -0.39 is 0 Å². The van der Waals surface area contributed by atoms with E-state index in [-0.39, 0.29) is 5.91 Å². The van der Waals surface area contributed by atoms with Crippen molar-refractivity contribution in [3.63, 3.8) is 0 Å². The van der Waals surface area contributed by atoms with E-state index in [1.807, 2.05) is 19.1 Å². The van der Waals surface area contributed by atoms with Gasteiger partial charge in [0.15, 0.2) is 0 Å². The molecule has 0 aliphatic carbocycles. The Morgan fingerprint density at radius 3 is 2.77 bits per heavy atom. The van der Waals surface area contributed by atoms with Gasteiger partial charge in [-0.05, 0) is 19.1 Å². The van der Waals surface area contributed by atoms with Crippen LogP contribution in [0, 0.1) is 0 Å². The van der Waals surface area contributed by atoms with Gasteiger partial charge in [0.25, 0.3) is 0 Å². The third kappa shape index (κ3) is 3.55. The second-order valence-electron chi connectivity index (χ2n) is 2.54. The molecule has 1 aromatic heterocycles. The molecule has 0 radical (unpaired) electrons. The molecule has 0 aromatic carbocycles. The molecule has 2 N–H and O–H groups in total. The van der Waals surface area contributed by atoms with Crippen molar-refractivity contribution < 1.29 is 4.79 Å². The highest BCUT2D eigenvalue weighted by molar-refractivity contribution is 5.80.